The monoisotopic (exact) mass is 1480 g/mol. The minimum Gasteiger partial charge on any atom is 0 e. The Morgan fingerprint density at radius 1 is 0.430 bits per heavy atom. The van der Waals surface area contributed by atoms with Gasteiger partial charge in [-0.2, -0.15) is 17.5 Å². The van der Waals surface area contributed by atoms with Crippen molar-refractivity contribution in [2.24, 2.45) is 0 Å². The van der Waals surface area contributed by atoms with Crippen LogP contribution < -0.4 is 2.89 Å². The Morgan fingerprint density at radius 2 is 0.835 bits per heavy atom. The first kappa shape index (κ1) is 69.2. The zero-order valence-corrected chi connectivity index (χ0v) is 60.4. The molecule has 8 rings (SSSR count). The molecule has 0 bridgehead atoms. The van der Waals surface area contributed by atoms with Gasteiger partial charge in [-0.15, -0.1) is 34.0 Å². The van der Waals surface area contributed by atoms with Crippen LogP contribution in [-0.2, 0) is 33.3 Å². The second kappa shape index (κ2) is 39.9. The minimum absolute atomic E-state index is 0. The normalized spacial score (nSPS) is 11.5. The molecule has 0 amide bonds. The molecule has 0 N–H and O–H groups in total. The first-order chi connectivity index (χ1) is 38.3. The second-order valence-electron chi connectivity index (χ2n) is 21.5. The van der Waals surface area contributed by atoms with Crippen LogP contribution in [0.5, 0.6) is 0 Å². The molecule has 6 heterocycles. The molecular formula is C64H89BrCl2N4PdS6Sn. The van der Waals surface area contributed by atoms with E-state index in [1.54, 1.807) is 47.3 Å². The average molecular weight is 1480 g/mol. The molecule has 0 aliphatic heterocycles. The zero-order valence-electron chi connectivity index (χ0n) is 48.0. The van der Waals surface area contributed by atoms with Gasteiger partial charge in [-0.1, -0.05) is 159 Å². The third-order valence-electron chi connectivity index (χ3n) is 15.2. The number of aryl methyl sites for hydroxylation is 2. The van der Waals surface area contributed by atoms with Crippen molar-refractivity contribution in [3.63, 3.8) is 0 Å². The second-order valence-corrected chi connectivity index (χ2v) is 42.0. The van der Waals surface area contributed by atoms with Crippen molar-refractivity contribution in [2.75, 3.05) is 0 Å². The molecule has 0 saturated carbocycles. The molecule has 0 radical (unpaired) electrons. The first-order valence-electron chi connectivity index (χ1n) is 30.1. The molecule has 0 atom stereocenters. The fraction of sp³-hybridized carbons (Fsp3) is 0.562. The predicted molar refractivity (Wildman–Crippen MR) is 362 cm³/mol. The molecule has 2 aromatic carbocycles. The van der Waals surface area contributed by atoms with Crippen molar-refractivity contribution in [2.45, 2.75) is 228 Å². The van der Waals surface area contributed by atoms with Crippen LogP contribution in [0.4, 0.5) is 0 Å². The molecule has 0 fully saturated rings. The molecule has 0 aliphatic carbocycles. The van der Waals surface area contributed by atoms with Crippen molar-refractivity contribution in [3.05, 3.63) is 95.7 Å². The quantitative estimate of drug-likeness (QED) is 0.0293. The average Bonchev–Trinajstić information content (AvgIpc) is 4.41. The van der Waals surface area contributed by atoms with Crippen LogP contribution in [0, 0.1) is 0 Å². The molecule has 0 aliphatic rings. The minimum atomic E-state index is -2.01. The third-order valence-corrected chi connectivity index (χ3v) is 40.1. The van der Waals surface area contributed by atoms with Gasteiger partial charge >= 0.3 is 123 Å². The number of fused-ring (bicyclic) bond motifs is 2. The van der Waals surface area contributed by atoms with E-state index in [-0.39, 0.29) is 20.4 Å². The Morgan fingerprint density at radius 3 is 1.28 bits per heavy atom. The molecule has 0 saturated heterocycles. The summed E-state index contributed by atoms with van der Waals surface area (Å²) in [7, 11) is 0. The summed E-state index contributed by atoms with van der Waals surface area (Å²) < 4.78 is 25.6. The van der Waals surface area contributed by atoms with Gasteiger partial charge in [0.1, 0.15) is 22.1 Å². The summed E-state index contributed by atoms with van der Waals surface area (Å²) in [5.74, 6) is 0. The summed E-state index contributed by atoms with van der Waals surface area (Å²) in [5.41, 5.74) is 9.76. The standard InChI is InChI=1S/C26H31ClN2S3.C22H28BrClN2S2.C4H3S.3C4H9.Pd.Sn/c1-2-3-4-5-6-7-8-9-10-11-13-19-16-23(31-18-19)20-17-21(27)24(22-14-12-15-30-22)26-25(20)28-32-29-26;1-2-3-4-5-6-7-8-9-10-11-12-16-13-19(27-15-16)17-14-18(24)20(23)22-21(17)25-28-26-22;1-2-4-5-3-1;3*1-3-4-2;;/h12,14-18H,2-11,13H2,1H3;13-15H,2-12H2,1H3;1-3H;3*1,3-4H2,2H3;;. The molecule has 0 unspecified atom stereocenters. The zero-order chi connectivity index (χ0) is 55.2. The molecule has 6 aromatic heterocycles. The van der Waals surface area contributed by atoms with Gasteiger partial charge < -0.3 is 0 Å². The molecule has 79 heavy (non-hydrogen) atoms. The third kappa shape index (κ3) is 22.3. The smallest absolute Gasteiger partial charge is 0 e. The van der Waals surface area contributed by atoms with E-state index in [0.717, 1.165) is 66.0 Å². The van der Waals surface area contributed by atoms with Crippen LogP contribution in [0.15, 0.2) is 74.5 Å². The Hall–Kier alpha value is -0.599. The number of nitrogens with zero attached hydrogens (tertiary/aromatic N) is 4. The Balaban J connectivity index is 0.000000225. The maximum atomic E-state index is 6.74. The van der Waals surface area contributed by atoms with E-state index in [9.17, 15) is 0 Å². The maximum Gasteiger partial charge on any atom is 0 e. The van der Waals surface area contributed by atoms with Crippen LogP contribution in [0.1, 0.15) is 213 Å². The summed E-state index contributed by atoms with van der Waals surface area (Å²) in [5, 5.41) is 10.4. The number of hydrogen-bond donors (Lipinski definition) is 0. The number of hydrogen-bond acceptors (Lipinski definition) is 10. The van der Waals surface area contributed by atoms with Crippen LogP contribution in [-0.4, -0.2) is 35.9 Å². The van der Waals surface area contributed by atoms with Crippen molar-refractivity contribution >= 4 is 151 Å². The van der Waals surface area contributed by atoms with Gasteiger partial charge in [-0.3, -0.25) is 0 Å². The maximum absolute atomic E-state index is 6.74. The molecule has 8 aromatic rings. The Bertz CT molecular complexity index is 2820. The summed E-state index contributed by atoms with van der Waals surface area (Å²) in [6.07, 6.45) is 38.5. The van der Waals surface area contributed by atoms with Gasteiger partial charge in [-0.25, -0.2) is 0 Å². The summed E-state index contributed by atoms with van der Waals surface area (Å²) in [6, 6.07) is 17.6. The fourth-order valence-electron chi connectivity index (χ4n) is 10.6. The van der Waals surface area contributed by atoms with Crippen molar-refractivity contribution < 1.29 is 20.4 Å². The van der Waals surface area contributed by atoms with Gasteiger partial charge in [0.25, 0.3) is 0 Å². The van der Waals surface area contributed by atoms with E-state index in [0.29, 0.717) is 5.02 Å². The number of aromatic nitrogens is 4. The van der Waals surface area contributed by atoms with Gasteiger partial charge in [0.2, 0.25) is 0 Å². The van der Waals surface area contributed by atoms with Gasteiger partial charge in [-0.05, 0) is 99.2 Å². The van der Waals surface area contributed by atoms with E-state index in [1.165, 1.54) is 211 Å². The Labute approximate surface area is 537 Å². The van der Waals surface area contributed by atoms with E-state index < -0.39 is 18.4 Å². The van der Waals surface area contributed by atoms with E-state index in [4.69, 9.17) is 23.2 Å². The number of halogens is 3. The molecule has 0 spiro atoms. The summed E-state index contributed by atoms with van der Waals surface area (Å²) in [6.45, 7) is 11.6. The largest absolute Gasteiger partial charge is 0 e. The van der Waals surface area contributed by atoms with Gasteiger partial charge in [0.05, 0.1) is 38.0 Å². The van der Waals surface area contributed by atoms with Crippen LogP contribution in [0.25, 0.3) is 53.4 Å². The number of benzene rings is 2. The molecule has 4 nitrogen and oxygen atoms in total. The van der Waals surface area contributed by atoms with Crippen LogP contribution in [0.3, 0.4) is 0 Å². The van der Waals surface area contributed by atoms with Crippen molar-refractivity contribution in [1.82, 2.24) is 17.5 Å². The van der Waals surface area contributed by atoms with Crippen LogP contribution >= 0.6 is 108 Å². The first-order valence-corrected chi connectivity index (χ1v) is 44.1. The fourth-order valence-corrected chi connectivity index (χ4v) is 35.4. The molecular weight excluding hydrogens is 1390 g/mol. The van der Waals surface area contributed by atoms with E-state index >= 15 is 0 Å². The van der Waals surface area contributed by atoms with Gasteiger partial charge in [0.15, 0.2) is 0 Å². The van der Waals surface area contributed by atoms with Crippen molar-refractivity contribution in [3.8, 4) is 31.3 Å². The molecule has 15 heteroatoms. The van der Waals surface area contributed by atoms with Crippen LogP contribution in [0.2, 0.25) is 23.4 Å². The summed E-state index contributed by atoms with van der Waals surface area (Å²) in [4.78, 5) is 3.62. The molecule has 436 valence electrons. The van der Waals surface area contributed by atoms with Crippen molar-refractivity contribution in [1.29, 1.82) is 0 Å². The number of rotatable bonds is 35. The van der Waals surface area contributed by atoms with E-state index in [1.807, 2.05) is 8.96 Å². The number of thiophene rings is 4. The topological polar surface area (TPSA) is 51.6 Å². The Kier molecular flexibility index (Phi) is 34.9. The summed E-state index contributed by atoms with van der Waals surface area (Å²) >= 11 is 24.5. The van der Waals surface area contributed by atoms with Gasteiger partial charge in [0, 0.05) is 51.7 Å². The predicted octanol–water partition coefficient (Wildman–Crippen LogP) is 25.4. The number of unbranched alkanes of at least 4 members (excludes halogenated alkanes) is 21. The van der Waals surface area contributed by atoms with E-state index in [2.05, 4.69) is 143 Å². The SMILES string of the molecule is CCCCCCCCCCCCc1csc(-c2cc(Cl)c(-c3cccs3)c3nsnc23)c1.CCCCCCCCCCCCc1csc(-c2cc(Cl)c(Br)c3nsnc23)c1.CCC[CH2][Sn]([CH2]CCC)([CH2]CCC)[c]1cccs1.[Pd].